The lowest BCUT2D eigenvalue weighted by molar-refractivity contribution is 0.336. The molecule has 0 bridgehead atoms. The summed E-state index contributed by atoms with van der Waals surface area (Å²) < 4.78 is 11.3. The topological polar surface area (TPSA) is 70.5 Å². The maximum atomic E-state index is 5.83. The predicted octanol–water partition coefficient (Wildman–Crippen LogP) is 3.32. The van der Waals surface area contributed by atoms with E-state index in [0.29, 0.717) is 24.6 Å². The highest BCUT2D eigenvalue weighted by molar-refractivity contribution is 5.79. The van der Waals surface area contributed by atoms with E-state index in [1.807, 2.05) is 50.2 Å². The van der Waals surface area contributed by atoms with Gasteiger partial charge in [-0.3, -0.25) is 0 Å². The van der Waals surface area contributed by atoms with Crippen LogP contribution in [-0.4, -0.2) is 13.2 Å². The third-order valence-corrected chi connectivity index (χ3v) is 2.90. The minimum absolute atomic E-state index is 0.579. The molecule has 0 radical (unpaired) electrons. The van der Waals surface area contributed by atoms with E-state index in [-0.39, 0.29) is 0 Å². The summed E-state index contributed by atoms with van der Waals surface area (Å²) in [4.78, 5) is 0. The van der Waals surface area contributed by atoms with Crippen molar-refractivity contribution in [3.8, 4) is 22.6 Å². The van der Waals surface area contributed by atoms with Crippen LogP contribution in [0.15, 0.2) is 36.4 Å². The van der Waals surface area contributed by atoms with Gasteiger partial charge in [-0.05, 0) is 38.1 Å². The first-order chi connectivity index (χ1) is 9.65. The number of hydrogen-bond donors (Lipinski definition) is 2. The van der Waals surface area contributed by atoms with Crippen LogP contribution in [0.25, 0.3) is 11.1 Å². The highest BCUT2D eigenvalue weighted by Crippen LogP contribution is 2.38. The van der Waals surface area contributed by atoms with Crippen LogP contribution in [0.3, 0.4) is 0 Å². The minimum Gasteiger partial charge on any atom is -0.493 e. The molecular formula is C16H20N2O2. The average molecular weight is 272 g/mol. The van der Waals surface area contributed by atoms with E-state index in [9.17, 15) is 0 Å². The van der Waals surface area contributed by atoms with Crippen molar-refractivity contribution in [2.24, 2.45) is 0 Å². The Labute approximate surface area is 119 Å². The lowest BCUT2D eigenvalue weighted by Crippen LogP contribution is -1.99. The lowest BCUT2D eigenvalue weighted by Gasteiger charge is -2.15. The van der Waals surface area contributed by atoms with Gasteiger partial charge >= 0.3 is 0 Å². The average Bonchev–Trinajstić information content (AvgIpc) is 2.41. The fraction of sp³-hybridized carbons (Fsp3) is 0.250. The fourth-order valence-corrected chi connectivity index (χ4v) is 2.07. The first kappa shape index (κ1) is 14.1. The van der Waals surface area contributed by atoms with Gasteiger partial charge in [-0.2, -0.15) is 0 Å². The molecule has 0 aliphatic carbocycles. The van der Waals surface area contributed by atoms with Gasteiger partial charge in [0.05, 0.1) is 13.2 Å². The highest BCUT2D eigenvalue weighted by atomic mass is 16.5. The molecule has 0 spiro atoms. The smallest absolute Gasteiger partial charge is 0.129 e. The van der Waals surface area contributed by atoms with Crippen LogP contribution >= 0.6 is 0 Å². The molecule has 0 saturated heterocycles. The summed E-state index contributed by atoms with van der Waals surface area (Å²) in [6.45, 7) is 5.05. The van der Waals surface area contributed by atoms with Gasteiger partial charge in [-0.1, -0.05) is 0 Å². The van der Waals surface area contributed by atoms with Gasteiger partial charge in [-0.25, -0.2) is 0 Å². The molecule has 0 unspecified atom stereocenters. The summed E-state index contributed by atoms with van der Waals surface area (Å²) in [5, 5.41) is 0. The largest absolute Gasteiger partial charge is 0.493 e. The Balaban J connectivity index is 2.55. The molecule has 2 aromatic rings. The Morgan fingerprint density at radius 1 is 0.750 bits per heavy atom. The molecule has 0 heterocycles. The molecule has 4 nitrogen and oxygen atoms in total. The molecule has 20 heavy (non-hydrogen) atoms. The van der Waals surface area contributed by atoms with Gasteiger partial charge < -0.3 is 20.9 Å². The van der Waals surface area contributed by atoms with Crippen molar-refractivity contribution < 1.29 is 9.47 Å². The zero-order valence-electron chi connectivity index (χ0n) is 11.8. The molecule has 0 atom stereocenters. The van der Waals surface area contributed by atoms with Crippen molar-refractivity contribution in [1.29, 1.82) is 0 Å². The number of anilines is 2. The van der Waals surface area contributed by atoms with E-state index in [0.717, 1.165) is 22.6 Å². The second-order valence-corrected chi connectivity index (χ2v) is 4.38. The first-order valence-electron chi connectivity index (χ1n) is 6.70. The quantitative estimate of drug-likeness (QED) is 0.819. The molecule has 0 fully saturated rings. The van der Waals surface area contributed by atoms with E-state index in [1.54, 1.807) is 0 Å². The summed E-state index contributed by atoms with van der Waals surface area (Å²) in [6.07, 6.45) is 0. The van der Waals surface area contributed by atoms with Gasteiger partial charge in [0.15, 0.2) is 0 Å². The van der Waals surface area contributed by atoms with Crippen molar-refractivity contribution >= 4 is 11.4 Å². The Morgan fingerprint density at radius 2 is 1.15 bits per heavy atom. The molecule has 2 rings (SSSR count). The van der Waals surface area contributed by atoms with Crippen molar-refractivity contribution in [2.45, 2.75) is 13.8 Å². The number of ether oxygens (including phenoxy) is 2. The van der Waals surface area contributed by atoms with E-state index in [1.165, 1.54) is 0 Å². The minimum atomic E-state index is 0.579. The second-order valence-electron chi connectivity index (χ2n) is 4.38. The van der Waals surface area contributed by atoms with Gasteiger partial charge in [0.25, 0.3) is 0 Å². The Kier molecular flexibility index (Phi) is 4.35. The number of benzene rings is 2. The summed E-state index contributed by atoms with van der Waals surface area (Å²) in [6, 6.07) is 11.2. The van der Waals surface area contributed by atoms with Gasteiger partial charge in [0.1, 0.15) is 11.5 Å². The first-order valence-corrected chi connectivity index (χ1v) is 6.70. The molecular weight excluding hydrogens is 252 g/mol. The molecule has 2 aromatic carbocycles. The molecule has 4 heteroatoms. The third kappa shape index (κ3) is 2.96. The standard InChI is InChI=1S/C16H20N2O2/c1-3-19-15-9-11(17)5-7-13(15)14-8-6-12(18)10-16(14)20-4-2/h5-10H,3-4,17-18H2,1-2H3. The third-order valence-electron chi connectivity index (χ3n) is 2.90. The predicted molar refractivity (Wildman–Crippen MR) is 83.0 cm³/mol. The molecule has 0 aliphatic heterocycles. The summed E-state index contributed by atoms with van der Waals surface area (Å²) in [7, 11) is 0. The van der Waals surface area contributed by atoms with Crippen molar-refractivity contribution in [3.05, 3.63) is 36.4 Å². The Morgan fingerprint density at radius 3 is 1.50 bits per heavy atom. The monoisotopic (exact) mass is 272 g/mol. The number of rotatable bonds is 5. The van der Waals surface area contributed by atoms with Crippen molar-refractivity contribution in [2.75, 3.05) is 24.7 Å². The molecule has 0 aliphatic rings. The highest BCUT2D eigenvalue weighted by Gasteiger charge is 2.12. The van der Waals surface area contributed by atoms with E-state index < -0.39 is 0 Å². The SMILES string of the molecule is CCOc1cc(N)ccc1-c1ccc(N)cc1OCC. The molecule has 4 N–H and O–H groups in total. The maximum absolute atomic E-state index is 5.83. The van der Waals surface area contributed by atoms with Crippen LogP contribution in [0.4, 0.5) is 11.4 Å². The lowest BCUT2D eigenvalue weighted by atomic mass is 10.0. The Hall–Kier alpha value is -2.36. The van der Waals surface area contributed by atoms with Crippen molar-refractivity contribution in [1.82, 2.24) is 0 Å². The Bertz CT molecular complexity index is 544. The summed E-state index contributed by atoms with van der Waals surface area (Å²) >= 11 is 0. The zero-order valence-corrected chi connectivity index (χ0v) is 11.8. The van der Waals surface area contributed by atoms with Crippen molar-refractivity contribution in [3.63, 3.8) is 0 Å². The normalized spacial score (nSPS) is 10.3. The second kappa shape index (κ2) is 6.19. The van der Waals surface area contributed by atoms with Gasteiger partial charge in [0, 0.05) is 34.6 Å². The van der Waals surface area contributed by atoms with Crippen LogP contribution in [0.5, 0.6) is 11.5 Å². The van der Waals surface area contributed by atoms with E-state index in [2.05, 4.69) is 0 Å². The van der Waals surface area contributed by atoms with Crippen LogP contribution in [0, 0.1) is 0 Å². The molecule has 0 amide bonds. The van der Waals surface area contributed by atoms with Gasteiger partial charge in [-0.15, -0.1) is 0 Å². The molecule has 106 valence electrons. The summed E-state index contributed by atoms with van der Waals surface area (Å²) in [5.74, 6) is 1.50. The number of nitrogen functional groups attached to an aromatic ring is 2. The van der Waals surface area contributed by atoms with Crippen LogP contribution in [0.2, 0.25) is 0 Å². The van der Waals surface area contributed by atoms with Crippen LogP contribution in [-0.2, 0) is 0 Å². The molecule has 0 saturated carbocycles. The zero-order chi connectivity index (χ0) is 14.5. The summed E-state index contributed by atoms with van der Waals surface area (Å²) in [5.41, 5.74) is 14.9. The number of hydrogen-bond acceptors (Lipinski definition) is 4. The van der Waals surface area contributed by atoms with Crippen LogP contribution < -0.4 is 20.9 Å². The maximum Gasteiger partial charge on any atom is 0.129 e. The molecule has 0 aromatic heterocycles. The van der Waals surface area contributed by atoms with E-state index >= 15 is 0 Å². The number of nitrogens with two attached hydrogens (primary N) is 2. The van der Waals surface area contributed by atoms with Gasteiger partial charge in [0.2, 0.25) is 0 Å². The fourth-order valence-electron chi connectivity index (χ4n) is 2.07. The van der Waals surface area contributed by atoms with E-state index in [4.69, 9.17) is 20.9 Å². The van der Waals surface area contributed by atoms with Crippen LogP contribution in [0.1, 0.15) is 13.8 Å².